The summed E-state index contributed by atoms with van der Waals surface area (Å²) in [4.78, 5) is 37.9. The summed E-state index contributed by atoms with van der Waals surface area (Å²) < 4.78 is 0. The Morgan fingerprint density at radius 2 is 2.12 bits per heavy atom. The number of pyridine rings is 1. The first-order valence-electron chi connectivity index (χ1n) is 4.92. The molecule has 2 N–H and O–H groups in total. The van der Waals surface area contributed by atoms with E-state index in [-0.39, 0.29) is 29.6 Å². The second-order valence-electron chi connectivity index (χ2n) is 3.51. The van der Waals surface area contributed by atoms with Gasteiger partial charge in [0.15, 0.2) is 0 Å². The van der Waals surface area contributed by atoms with Crippen LogP contribution in [-0.2, 0) is 4.79 Å². The fraction of sp³-hybridized carbons (Fsp3) is 0.300. The van der Waals surface area contributed by atoms with Gasteiger partial charge in [-0.05, 0) is 6.07 Å². The molecule has 0 saturated carbocycles. The van der Waals surface area contributed by atoms with E-state index >= 15 is 0 Å². The van der Waals surface area contributed by atoms with Gasteiger partial charge in [0.2, 0.25) is 11.5 Å². The van der Waals surface area contributed by atoms with Gasteiger partial charge in [-0.2, -0.15) is 0 Å². The van der Waals surface area contributed by atoms with Crippen molar-refractivity contribution in [2.75, 3.05) is 19.6 Å². The van der Waals surface area contributed by atoms with Gasteiger partial charge in [-0.3, -0.25) is 14.4 Å². The van der Waals surface area contributed by atoms with Gasteiger partial charge in [0.1, 0.15) is 5.69 Å². The molecule has 1 aromatic heterocycles. The van der Waals surface area contributed by atoms with Crippen molar-refractivity contribution in [1.82, 2.24) is 15.2 Å². The maximum Gasteiger partial charge on any atom is 0.270 e. The Kier molecular flexibility index (Phi) is 2.72. The third-order valence-corrected chi connectivity index (χ3v) is 2.32. The Morgan fingerprint density at radius 3 is 2.81 bits per heavy atom. The number of hydrogen-bond donors (Lipinski definition) is 2. The SMILES string of the molecule is O=C1CN(C(=O)c2cccc(=O)[nH]2)CCN1. The zero-order valence-electron chi connectivity index (χ0n) is 8.53. The lowest BCUT2D eigenvalue weighted by atomic mass is 10.3. The van der Waals surface area contributed by atoms with E-state index in [2.05, 4.69) is 10.3 Å². The van der Waals surface area contributed by atoms with E-state index in [0.717, 1.165) is 0 Å². The molecule has 2 rings (SSSR count). The summed E-state index contributed by atoms with van der Waals surface area (Å²) in [5.74, 6) is -0.509. The van der Waals surface area contributed by atoms with E-state index in [1.807, 2.05) is 0 Å². The van der Waals surface area contributed by atoms with Crippen molar-refractivity contribution in [2.24, 2.45) is 0 Å². The fourth-order valence-corrected chi connectivity index (χ4v) is 1.55. The highest BCUT2D eigenvalue weighted by atomic mass is 16.2. The van der Waals surface area contributed by atoms with Crippen LogP contribution in [0.3, 0.4) is 0 Å². The minimum atomic E-state index is -0.327. The molecule has 1 aromatic rings. The van der Waals surface area contributed by atoms with Gasteiger partial charge in [0, 0.05) is 19.2 Å². The van der Waals surface area contributed by atoms with E-state index in [9.17, 15) is 14.4 Å². The van der Waals surface area contributed by atoms with Gasteiger partial charge in [0.05, 0.1) is 6.54 Å². The fourth-order valence-electron chi connectivity index (χ4n) is 1.55. The molecule has 2 heterocycles. The molecule has 16 heavy (non-hydrogen) atoms. The second kappa shape index (κ2) is 4.18. The third-order valence-electron chi connectivity index (χ3n) is 2.32. The van der Waals surface area contributed by atoms with Crippen LogP contribution >= 0.6 is 0 Å². The van der Waals surface area contributed by atoms with Crippen LogP contribution in [0.1, 0.15) is 10.5 Å². The van der Waals surface area contributed by atoms with Gasteiger partial charge in [0.25, 0.3) is 5.91 Å². The van der Waals surface area contributed by atoms with Gasteiger partial charge in [-0.1, -0.05) is 6.07 Å². The molecular formula is C10H11N3O3. The summed E-state index contributed by atoms with van der Waals surface area (Å²) >= 11 is 0. The smallest absolute Gasteiger partial charge is 0.270 e. The molecule has 1 aliphatic rings. The van der Waals surface area contributed by atoms with Crippen LogP contribution in [-0.4, -0.2) is 41.3 Å². The Labute approximate surface area is 91.3 Å². The van der Waals surface area contributed by atoms with Crippen LogP contribution < -0.4 is 10.9 Å². The molecule has 2 amide bonds. The predicted octanol–water partition coefficient (Wildman–Crippen LogP) is -1.05. The van der Waals surface area contributed by atoms with Crippen molar-refractivity contribution in [3.8, 4) is 0 Å². The van der Waals surface area contributed by atoms with Crippen LogP contribution in [0, 0.1) is 0 Å². The van der Waals surface area contributed by atoms with Crippen LogP contribution in [0.25, 0.3) is 0 Å². The molecule has 1 aliphatic heterocycles. The highest BCUT2D eigenvalue weighted by Crippen LogP contribution is 2.01. The molecule has 6 heteroatoms. The molecule has 1 fully saturated rings. The highest BCUT2D eigenvalue weighted by molar-refractivity contribution is 5.95. The number of nitrogens with one attached hydrogen (secondary N) is 2. The number of piperazine rings is 1. The zero-order valence-corrected chi connectivity index (χ0v) is 8.53. The molecule has 84 valence electrons. The minimum absolute atomic E-state index is 0.0375. The average molecular weight is 221 g/mol. The highest BCUT2D eigenvalue weighted by Gasteiger charge is 2.22. The number of aromatic amines is 1. The second-order valence-corrected chi connectivity index (χ2v) is 3.51. The first-order chi connectivity index (χ1) is 7.66. The number of hydrogen-bond acceptors (Lipinski definition) is 3. The molecule has 1 saturated heterocycles. The Balaban J connectivity index is 2.18. The Hall–Kier alpha value is -2.11. The monoisotopic (exact) mass is 221 g/mol. The van der Waals surface area contributed by atoms with E-state index in [1.54, 1.807) is 0 Å². The molecule has 6 nitrogen and oxygen atoms in total. The normalized spacial score (nSPS) is 15.8. The molecule has 0 aliphatic carbocycles. The largest absolute Gasteiger partial charge is 0.353 e. The van der Waals surface area contributed by atoms with Gasteiger partial charge < -0.3 is 15.2 Å². The van der Waals surface area contributed by atoms with Crippen LogP contribution in [0.2, 0.25) is 0 Å². The van der Waals surface area contributed by atoms with Gasteiger partial charge >= 0.3 is 0 Å². The number of nitrogens with zero attached hydrogens (tertiary/aromatic N) is 1. The number of carbonyl (C=O) groups is 2. The van der Waals surface area contributed by atoms with E-state index < -0.39 is 0 Å². The summed E-state index contributed by atoms with van der Waals surface area (Å²) in [7, 11) is 0. The lowest BCUT2D eigenvalue weighted by Gasteiger charge is -2.26. The number of H-pyrrole nitrogens is 1. The van der Waals surface area contributed by atoms with Crippen molar-refractivity contribution >= 4 is 11.8 Å². The Morgan fingerprint density at radius 1 is 1.31 bits per heavy atom. The number of carbonyl (C=O) groups excluding carboxylic acids is 2. The number of rotatable bonds is 1. The first-order valence-corrected chi connectivity index (χ1v) is 4.92. The zero-order chi connectivity index (χ0) is 11.5. The van der Waals surface area contributed by atoms with Crippen molar-refractivity contribution in [3.05, 3.63) is 34.2 Å². The molecule has 0 aromatic carbocycles. The van der Waals surface area contributed by atoms with Crippen molar-refractivity contribution < 1.29 is 9.59 Å². The lowest BCUT2D eigenvalue weighted by molar-refractivity contribution is -0.123. The van der Waals surface area contributed by atoms with Crippen molar-refractivity contribution in [1.29, 1.82) is 0 Å². The summed E-state index contributed by atoms with van der Waals surface area (Å²) in [6.07, 6.45) is 0. The number of aromatic nitrogens is 1. The van der Waals surface area contributed by atoms with E-state index in [0.29, 0.717) is 13.1 Å². The summed E-state index contributed by atoms with van der Waals surface area (Å²) in [6, 6.07) is 4.37. The summed E-state index contributed by atoms with van der Waals surface area (Å²) in [6.45, 7) is 0.943. The van der Waals surface area contributed by atoms with E-state index in [4.69, 9.17) is 0 Å². The van der Waals surface area contributed by atoms with Gasteiger partial charge in [-0.25, -0.2) is 0 Å². The number of amides is 2. The van der Waals surface area contributed by atoms with Crippen LogP contribution in [0.15, 0.2) is 23.0 Å². The summed E-state index contributed by atoms with van der Waals surface area (Å²) in [5, 5.41) is 2.62. The quantitative estimate of drug-likeness (QED) is 0.634. The lowest BCUT2D eigenvalue weighted by Crippen LogP contribution is -2.50. The third kappa shape index (κ3) is 2.10. The summed E-state index contributed by atoms with van der Waals surface area (Å²) in [5.41, 5.74) is -0.116. The average Bonchev–Trinajstić information content (AvgIpc) is 2.28. The maximum atomic E-state index is 11.9. The molecule has 0 spiro atoms. The Bertz CT molecular complexity index is 480. The van der Waals surface area contributed by atoms with Crippen LogP contribution in [0.4, 0.5) is 0 Å². The minimum Gasteiger partial charge on any atom is -0.353 e. The van der Waals surface area contributed by atoms with Gasteiger partial charge in [-0.15, -0.1) is 0 Å². The maximum absolute atomic E-state index is 11.9. The standard InChI is InChI=1S/C10H11N3O3/c14-8-3-1-2-7(12-8)10(16)13-5-4-11-9(15)6-13/h1-3H,4-6H2,(H,11,15)(H,12,14). The molecule has 0 bridgehead atoms. The molecule has 0 atom stereocenters. The van der Waals surface area contributed by atoms with Crippen LogP contribution in [0.5, 0.6) is 0 Å². The topological polar surface area (TPSA) is 82.3 Å². The predicted molar refractivity (Wildman–Crippen MR) is 56.0 cm³/mol. The molecule has 0 radical (unpaired) electrons. The van der Waals surface area contributed by atoms with E-state index in [1.165, 1.54) is 23.1 Å². The first kappa shape index (κ1) is 10.4. The molecular weight excluding hydrogens is 210 g/mol. The molecule has 0 unspecified atom stereocenters. The van der Waals surface area contributed by atoms with Crippen molar-refractivity contribution in [2.45, 2.75) is 0 Å². The van der Waals surface area contributed by atoms with Crippen molar-refractivity contribution in [3.63, 3.8) is 0 Å².